The van der Waals surface area contributed by atoms with Crippen LogP contribution in [0.4, 0.5) is 0 Å². The van der Waals surface area contributed by atoms with E-state index in [1.165, 1.54) is 5.56 Å². The van der Waals surface area contributed by atoms with E-state index in [0.717, 1.165) is 11.0 Å². The quantitative estimate of drug-likeness (QED) is 0.732. The second-order valence-corrected chi connectivity index (χ2v) is 5.64. The van der Waals surface area contributed by atoms with Gasteiger partial charge in [0.2, 0.25) is 0 Å². The molecule has 0 unspecified atom stereocenters. The third kappa shape index (κ3) is 3.60. The van der Waals surface area contributed by atoms with Gasteiger partial charge in [-0.1, -0.05) is 28.1 Å². The first-order valence-electron chi connectivity index (χ1n) is 4.57. The molecule has 0 aromatic heterocycles. The van der Waals surface area contributed by atoms with Gasteiger partial charge in [-0.3, -0.25) is 0 Å². The highest BCUT2D eigenvalue weighted by molar-refractivity contribution is 9.10. The molecule has 0 saturated carbocycles. The molecule has 0 amide bonds. The molecule has 3 heteroatoms. The van der Waals surface area contributed by atoms with Crippen molar-refractivity contribution in [2.24, 2.45) is 0 Å². The summed E-state index contributed by atoms with van der Waals surface area (Å²) in [6.07, 6.45) is 0. The van der Waals surface area contributed by atoms with E-state index in [1.54, 1.807) is 0 Å². The summed E-state index contributed by atoms with van der Waals surface area (Å²) in [5.74, 6) is 0. The lowest BCUT2D eigenvalue weighted by atomic mass is 10.1. The lowest BCUT2D eigenvalue weighted by molar-refractivity contribution is 0.255. The van der Waals surface area contributed by atoms with Crippen molar-refractivity contribution < 1.29 is 0 Å². The molecule has 0 bridgehead atoms. The summed E-state index contributed by atoms with van der Waals surface area (Å²) in [4.78, 5) is 0. The van der Waals surface area contributed by atoms with E-state index < -0.39 is 0 Å². The zero-order valence-electron chi connectivity index (χ0n) is 8.72. The van der Waals surface area contributed by atoms with Crippen molar-refractivity contribution in [3.63, 3.8) is 0 Å². The second-order valence-electron chi connectivity index (χ2n) is 4.32. The van der Waals surface area contributed by atoms with Crippen LogP contribution in [0.1, 0.15) is 26.3 Å². The minimum absolute atomic E-state index is 0.0100. The van der Waals surface area contributed by atoms with Gasteiger partial charge in [0.15, 0.2) is 0 Å². The lowest BCUT2D eigenvalue weighted by Gasteiger charge is -2.28. The van der Waals surface area contributed by atoms with Crippen LogP contribution in [0.5, 0.6) is 0 Å². The summed E-state index contributed by atoms with van der Waals surface area (Å²) in [5, 5.41) is 0. The molecule has 0 spiro atoms. The van der Waals surface area contributed by atoms with E-state index in [9.17, 15) is 0 Å². The number of nitrogens with zero attached hydrogens (tertiary/aromatic N) is 1. The molecule has 1 nitrogen and oxygen atoms in total. The molecule has 0 aliphatic rings. The van der Waals surface area contributed by atoms with Gasteiger partial charge in [-0.15, -0.1) is 0 Å². The van der Waals surface area contributed by atoms with E-state index in [4.69, 9.17) is 11.8 Å². The van der Waals surface area contributed by atoms with Gasteiger partial charge in [-0.2, -0.15) is 0 Å². The molecule has 14 heavy (non-hydrogen) atoms. The van der Waals surface area contributed by atoms with Crippen LogP contribution in [0.2, 0.25) is 0 Å². The van der Waals surface area contributed by atoms with Crippen molar-refractivity contribution >= 4 is 27.7 Å². The summed E-state index contributed by atoms with van der Waals surface area (Å²) >= 11 is 9.60. The number of rotatable bonds is 2. The Balaban J connectivity index is 2.70. The molecule has 0 heterocycles. The minimum Gasteiger partial charge on any atom is -0.210 e. The Morgan fingerprint density at radius 2 is 2.00 bits per heavy atom. The normalized spacial score (nSPS) is 12.1. The fourth-order valence-electron chi connectivity index (χ4n) is 1.03. The Morgan fingerprint density at radius 3 is 2.50 bits per heavy atom. The molecule has 1 aromatic carbocycles. The number of hydrogen-bond donors (Lipinski definition) is 0. The van der Waals surface area contributed by atoms with E-state index in [2.05, 4.69) is 48.8 Å². The molecule has 0 radical (unpaired) electrons. The molecule has 0 fully saturated rings. The second kappa shape index (κ2) is 4.65. The molecule has 0 atom stereocenters. The largest absolute Gasteiger partial charge is 0.210 e. The van der Waals surface area contributed by atoms with Crippen LogP contribution in [0, 0.1) is 0 Å². The predicted molar refractivity (Wildman–Crippen MR) is 65.3 cm³/mol. The number of hydrogen-bond acceptors (Lipinski definition) is 1. The first-order chi connectivity index (χ1) is 6.39. The fourth-order valence-corrected chi connectivity index (χ4v) is 1.62. The van der Waals surface area contributed by atoms with Crippen LogP contribution in [0.25, 0.3) is 0 Å². The third-order valence-corrected chi connectivity index (χ3v) is 3.06. The van der Waals surface area contributed by atoms with Crippen molar-refractivity contribution in [1.29, 1.82) is 0 Å². The maximum Gasteiger partial charge on any atom is 0.0396 e. The first-order valence-corrected chi connectivity index (χ1v) is 5.70. The van der Waals surface area contributed by atoms with Crippen molar-refractivity contribution in [1.82, 2.24) is 4.42 Å². The van der Waals surface area contributed by atoms with E-state index in [0.29, 0.717) is 0 Å². The number of benzene rings is 1. The van der Waals surface area contributed by atoms with E-state index in [1.807, 2.05) is 16.6 Å². The summed E-state index contributed by atoms with van der Waals surface area (Å²) in [6.45, 7) is 7.04. The Bertz CT molecular complexity index is 306. The average molecular weight is 277 g/mol. The van der Waals surface area contributed by atoms with Gasteiger partial charge in [0.05, 0.1) is 0 Å². The predicted octanol–water partition coefficient (Wildman–Crippen LogP) is 4.20. The molecule has 1 rings (SSSR count). The minimum atomic E-state index is -0.0100. The van der Waals surface area contributed by atoms with Crippen LogP contribution in [0.3, 0.4) is 0 Å². The molecule has 78 valence electrons. The van der Waals surface area contributed by atoms with Crippen molar-refractivity contribution in [3.8, 4) is 0 Å². The van der Waals surface area contributed by atoms with E-state index >= 15 is 0 Å². The molecule has 0 saturated heterocycles. The van der Waals surface area contributed by atoms with Crippen LogP contribution in [-0.4, -0.2) is 9.96 Å². The van der Waals surface area contributed by atoms with Crippen LogP contribution >= 0.6 is 27.7 Å². The maximum atomic E-state index is 6.16. The first kappa shape index (κ1) is 12.0. The van der Waals surface area contributed by atoms with Crippen LogP contribution in [-0.2, 0) is 6.54 Å². The van der Waals surface area contributed by atoms with Crippen LogP contribution < -0.4 is 0 Å². The van der Waals surface area contributed by atoms with Gasteiger partial charge in [0.1, 0.15) is 0 Å². The van der Waals surface area contributed by atoms with Gasteiger partial charge < -0.3 is 0 Å². The standard InChI is InChI=1S/C11H15BrClN/c1-11(2,3)14(13)8-9-5-4-6-10(12)7-9/h4-7H,8H2,1-3H3. The van der Waals surface area contributed by atoms with E-state index in [-0.39, 0.29) is 5.54 Å². The van der Waals surface area contributed by atoms with Crippen molar-refractivity contribution in [3.05, 3.63) is 34.3 Å². The average Bonchev–Trinajstić information content (AvgIpc) is 2.02. The van der Waals surface area contributed by atoms with Crippen molar-refractivity contribution in [2.75, 3.05) is 0 Å². The van der Waals surface area contributed by atoms with Gasteiger partial charge in [-0.25, -0.2) is 4.42 Å². The van der Waals surface area contributed by atoms with Gasteiger partial charge in [0.25, 0.3) is 0 Å². The third-order valence-electron chi connectivity index (χ3n) is 1.94. The zero-order valence-corrected chi connectivity index (χ0v) is 11.1. The molecule has 0 aliphatic carbocycles. The lowest BCUT2D eigenvalue weighted by Crippen LogP contribution is -2.33. The van der Waals surface area contributed by atoms with Gasteiger partial charge >= 0.3 is 0 Å². The summed E-state index contributed by atoms with van der Waals surface area (Å²) in [5.41, 5.74) is 1.20. The monoisotopic (exact) mass is 275 g/mol. The Labute approximate surface area is 99.3 Å². The zero-order chi connectivity index (χ0) is 10.8. The van der Waals surface area contributed by atoms with Crippen LogP contribution in [0.15, 0.2) is 28.7 Å². The molecule has 1 aromatic rings. The Kier molecular flexibility index (Phi) is 3.99. The Hall–Kier alpha value is -0.0500. The van der Waals surface area contributed by atoms with Gasteiger partial charge in [0, 0.05) is 16.6 Å². The molecule has 0 N–H and O–H groups in total. The SMILES string of the molecule is CC(C)(C)N(Cl)Cc1cccc(Br)c1. The fraction of sp³-hybridized carbons (Fsp3) is 0.455. The molecule has 0 aliphatic heterocycles. The van der Waals surface area contributed by atoms with Gasteiger partial charge in [-0.05, 0) is 50.2 Å². The van der Waals surface area contributed by atoms with Crippen molar-refractivity contribution in [2.45, 2.75) is 32.9 Å². The molecular formula is C11H15BrClN. The topological polar surface area (TPSA) is 3.24 Å². The smallest absolute Gasteiger partial charge is 0.0396 e. The molecular weight excluding hydrogens is 261 g/mol. The highest BCUT2D eigenvalue weighted by atomic mass is 79.9. The summed E-state index contributed by atoms with van der Waals surface area (Å²) in [6, 6.07) is 8.19. The highest BCUT2D eigenvalue weighted by Crippen LogP contribution is 2.21. The summed E-state index contributed by atoms with van der Waals surface area (Å²) < 4.78 is 2.91. The maximum absolute atomic E-state index is 6.16. The highest BCUT2D eigenvalue weighted by Gasteiger charge is 2.19. The number of halogens is 2. The summed E-state index contributed by atoms with van der Waals surface area (Å²) in [7, 11) is 0. The Morgan fingerprint density at radius 1 is 1.36 bits per heavy atom.